The molecule has 0 unspecified atom stereocenters. The van der Waals surface area contributed by atoms with Crippen molar-refractivity contribution < 1.29 is 9.21 Å². The third-order valence-electron chi connectivity index (χ3n) is 4.36. The van der Waals surface area contributed by atoms with E-state index in [0.29, 0.717) is 18.8 Å². The summed E-state index contributed by atoms with van der Waals surface area (Å²) >= 11 is 0. The van der Waals surface area contributed by atoms with Gasteiger partial charge in [-0.05, 0) is 30.3 Å². The lowest BCUT2D eigenvalue weighted by Gasteiger charge is -2.35. The van der Waals surface area contributed by atoms with Crippen LogP contribution < -0.4 is 4.90 Å². The molecule has 3 aromatic heterocycles. The molecule has 4 rings (SSSR count). The van der Waals surface area contributed by atoms with E-state index in [4.69, 9.17) is 4.42 Å². The molecule has 7 heteroatoms. The first-order chi connectivity index (χ1) is 12.8. The molecular formula is C19H19N5O2. The predicted octanol–water partition coefficient (Wildman–Crippen LogP) is 2.22. The van der Waals surface area contributed by atoms with Crippen LogP contribution in [0.5, 0.6) is 0 Å². The molecular weight excluding hydrogens is 330 g/mol. The lowest BCUT2D eigenvalue weighted by molar-refractivity contribution is -0.126. The monoisotopic (exact) mass is 349 g/mol. The van der Waals surface area contributed by atoms with Crippen LogP contribution in [0.25, 0.3) is 11.9 Å². The number of anilines is 1. The van der Waals surface area contributed by atoms with E-state index in [0.717, 1.165) is 24.7 Å². The van der Waals surface area contributed by atoms with Crippen molar-refractivity contribution in [2.24, 2.45) is 0 Å². The van der Waals surface area contributed by atoms with Crippen molar-refractivity contribution in [3.05, 3.63) is 67.2 Å². The van der Waals surface area contributed by atoms with Gasteiger partial charge in [-0.25, -0.2) is 9.97 Å². The maximum absolute atomic E-state index is 12.3. The summed E-state index contributed by atoms with van der Waals surface area (Å²) in [5, 5.41) is 0. The molecule has 1 aliphatic heterocycles. The van der Waals surface area contributed by atoms with Crippen LogP contribution in [0, 0.1) is 0 Å². The number of hydrogen-bond acceptors (Lipinski definition) is 5. The van der Waals surface area contributed by atoms with Crippen LogP contribution in [0.2, 0.25) is 0 Å². The lowest BCUT2D eigenvalue weighted by Crippen LogP contribution is -2.48. The van der Waals surface area contributed by atoms with Gasteiger partial charge in [0.2, 0.25) is 5.91 Å². The summed E-state index contributed by atoms with van der Waals surface area (Å²) in [5.74, 6) is 2.38. The molecule has 7 nitrogen and oxygen atoms in total. The largest absolute Gasteiger partial charge is 0.465 e. The van der Waals surface area contributed by atoms with Gasteiger partial charge in [0.25, 0.3) is 0 Å². The van der Waals surface area contributed by atoms with Crippen LogP contribution in [-0.2, 0) is 4.79 Å². The predicted molar refractivity (Wildman–Crippen MR) is 97.9 cm³/mol. The Hall–Kier alpha value is -3.35. The lowest BCUT2D eigenvalue weighted by atomic mass is 10.3. The average molecular weight is 349 g/mol. The number of piperazine rings is 1. The Labute approximate surface area is 151 Å². The molecule has 0 spiro atoms. The van der Waals surface area contributed by atoms with Crippen molar-refractivity contribution in [2.45, 2.75) is 0 Å². The minimum atomic E-state index is -0.00299. The molecule has 0 bridgehead atoms. The first-order valence-electron chi connectivity index (χ1n) is 8.50. The van der Waals surface area contributed by atoms with Crippen LogP contribution in [0.15, 0.2) is 65.8 Å². The van der Waals surface area contributed by atoms with Crippen molar-refractivity contribution in [1.29, 1.82) is 0 Å². The molecule has 26 heavy (non-hydrogen) atoms. The number of rotatable bonds is 4. The van der Waals surface area contributed by atoms with E-state index in [-0.39, 0.29) is 5.91 Å². The van der Waals surface area contributed by atoms with Gasteiger partial charge in [-0.15, -0.1) is 0 Å². The van der Waals surface area contributed by atoms with Crippen molar-refractivity contribution in [3.8, 4) is 5.82 Å². The zero-order valence-electron chi connectivity index (χ0n) is 14.2. The number of nitrogens with zero attached hydrogens (tertiary/aromatic N) is 5. The zero-order valence-corrected chi connectivity index (χ0v) is 14.2. The first-order valence-corrected chi connectivity index (χ1v) is 8.50. The topological polar surface area (TPSA) is 67.4 Å². The fourth-order valence-corrected chi connectivity index (χ4v) is 2.94. The number of hydrogen-bond donors (Lipinski definition) is 0. The van der Waals surface area contributed by atoms with E-state index >= 15 is 0 Å². The highest BCUT2D eigenvalue weighted by molar-refractivity contribution is 5.91. The van der Waals surface area contributed by atoms with Gasteiger partial charge in [-0.1, -0.05) is 0 Å². The second-order valence-electron chi connectivity index (χ2n) is 5.99. The molecule has 0 atom stereocenters. The Morgan fingerprint density at radius 2 is 1.81 bits per heavy atom. The fraction of sp³-hybridized carbons (Fsp3) is 0.211. The van der Waals surface area contributed by atoms with Crippen LogP contribution in [-0.4, -0.2) is 51.5 Å². The Balaban J connectivity index is 1.38. The Bertz CT molecular complexity index is 879. The second kappa shape index (κ2) is 7.26. The minimum Gasteiger partial charge on any atom is -0.465 e. The zero-order chi connectivity index (χ0) is 17.8. The Morgan fingerprint density at radius 1 is 1.04 bits per heavy atom. The summed E-state index contributed by atoms with van der Waals surface area (Å²) in [7, 11) is 0. The SMILES string of the molecule is O=C(/C=C/c1ccco1)N1CCN(c2cc(-n3cccc3)ncn2)CC1. The molecule has 1 aliphatic rings. The highest BCUT2D eigenvalue weighted by Gasteiger charge is 2.21. The summed E-state index contributed by atoms with van der Waals surface area (Å²) in [5.41, 5.74) is 0. The summed E-state index contributed by atoms with van der Waals surface area (Å²) in [4.78, 5) is 25.0. The number of furan rings is 1. The van der Waals surface area contributed by atoms with E-state index in [1.807, 2.05) is 46.1 Å². The van der Waals surface area contributed by atoms with Crippen molar-refractivity contribution in [3.63, 3.8) is 0 Å². The number of aromatic nitrogens is 3. The number of carbonyl (C=O) groups is 1. The molecule has 0 N–H and O–H groups in total. The van der Waals surface area contributed by atoms with Crippen molar-refractivity contribution >= 4 is 17.8 Å². The van der Waals surface area contributed by atoms with Crippen LogP contribution in [0.4, 0.5) is 5.82 Å². The van der Waals surface area contributed by atoms with Gasteiger partial charge in [0.15, 0.2) is 0 Å². The maximum Gasteiger partial charge on any atom is 0.246 e. The molecule has 0 aliphatic carbocycles. The first kappa shape index (κ1) is 16.1. The summed E-state index contributed by atoms with van der Waals surface area (Å²) in [6.45, 7) is 2.79. The Morgan fingerprint density at radius 3 is 2.54 bits per heavy atom. The fourth-order valence-electron chi connectivity index (χ4n) is 2.94. The van der Waals surface area contributed by atoms with Crippen molar-refractivity contribution in [2.75, 3.05) is 31.1 Å². The van der Waals surface area contributed by atoms with E-state index in [9.17, 15) is 4.79 Å². The molecule has 132 valence electrons. The standard InChI is InChI=1S/C19H19N5O2/c25-19(6-5-16-4-3-13-26-16)24-11-9-23(10-12-24)18-14-17(20-15-21-18)22-7-1-2-8-22/h1-8,13-15H,9-12H2/b6-5+. The normalized spacial score (nSPS) is 14.9. The molecule has 1 amide bonds. The molecule has 4 heterocycles. The van der Waals surface area contributed by atoms with Crippen LogP contribution >= 0.6 is 0 Å². The smallest absolute Gasteiger partial charge is 0.246 e. The summed E-state index contributed by atoms with van der Waals surface area (Å²) in [6, 6.07) is 9.50. The molecule has 0 saturated carbocycles. The summed E-state index contributed by atoms with van der Waals surface area (Å²) < 4.78 is 7.15. The van der Waals surface area contributed by atoms with Gasteiger partial charge in [0.05, 0.1) is 6.26 Å². The molecule has 1 fully saturated rings. The van der Waals surface area contributed by atoms with Gasteiger partial charge in [-0.2, -0.15) is 0 Å². The molecule has 0 radical (unpaired) electrons. The third kappa shape index (κ3) is 3.51. The average Bonchev–Trinajstić information content (AvgIpc) is 3.40. The number of amides is 1. The maximum atomic E-state index is 12.3. The van der Waals surface area contributed by atoms with Gasteiger partial charge in [0, 0.05) is 50.7 Å². The molecule has 1 saturated heterocycles. The van der Waals surface area contributed by atoms with Crippen LogP contribution in [0.3, 0.4) is 0 Å². The minimum absolute atomic E-state index is 0.00299. The Kier molecular flexibility index (Phi) is 4.51. The van der Waals surface area contributed by atoms with Gasteiger partial charge in [-0.3, -0.25) is 4.79 Å². The van der Waals surface area contributed by atoms with E-state index < -0.39 is 0 Å². The van der Waals surface area contributed by atoms with Crippen molar-refractivity contribution in [1.82, 2.24) is 19.4 Å². The highest BCUT2D eigenvalue weighted by atomic mass is 16.3. The van der Waals surface area contributed by atoms with Crippen LogP contribution in [0.1, 0.15) is 5.76 Å². The molecule has 0 aromatic carbocycles. The van der Waals surface area contributed by atoms with Gasteiger partial charge < -0.3 is 18.8 Å². The molecule has 3 aromatic rings. The summed E-state index contributed by atoms with van der Waals surface area (Å²) in [6.07, 6.45) is 10.3. The number of carbonyl (C=O) groups excluding carboxylic acids is 1. The van der Waals surface area contributed by atoms with E-state index in [1.165, 1.54) is 0 Å². The van der Waals surface area contributed by atoms with E-state index in [2.05, 4.69) is 14.9 Å². The second-order valence-corrected chi connectivity index (χ2v) is 5.99. The highest BCUT2D eigenvalue weighted by Crippen LogP contribution is 2.16. The van der Waals surface area contributed by atoms with Gasteiger partial charge in [0.1, 0.15) is 23.7 Å². The van der Waals surface area contributed by atoms with E-state index in [1.54, 1.807) is 30.8 Å². The van der Waals surface area contributed by atoms with Gasteiger partial charge >= 0.3 is 0 Å². The quantitative estimate of drug-likeness (QED) is 0.676. The third-order valence-corrected chi connectivity index (χ3v) is 4.36.